The predicted molar refractivity (Wildman–Crippen MR) is 135 cm³/mol. The van der Waals surface area contributed by atoms with Gasteiger partial charge in [-0.1, -0.05) is 0 Å². The molecule has 2 aliphatic rings. The van der Waals surface area contributed by atoms with E-state index in [0.717, 1.165) is 29.8 Å². The number of hydrogen-bond donors (Lipinski definition) is 2. The number of pyridine rings is 1. The number of anilines is 1. The van der Waals surface area contributed by atoms with Gasteiger partial charge in [0.25, 0.3) is 5.91 Å². The van der Waals surface area contributed by atoms with E-state index in [1.54, 1.807) is 13.1 Å². The minimum atomic E-state index is -0.819. The van der Waals surface area contributed by atoms with Gasteiger partial charge in [0.2, 0.25) is 0 Å². The van der Waals surface area contributed by atoms with Crippen molar-refractivity contribution in [3.63, 3.8) is 0 Å². The van der Waals surface area contributed by atoms with Gasteiger partial charge in [0.15, 0.2) is 10.8 Å². The Morgan fingerprint density at radius 3 is 2.59 bits per heavy atom. The number of Topliss-reactive ketones (excluding diaryl/α,β-unsaturated/α-hetero) is 1. The standard InChI is InChI=1S/C26H36N4O3S/c1-15-12-19(29-25(3,4)5)27-14-18(15)22-20(24(32)30-11-7-8-16(30)2)28-23(34-22)21(31)17-9-10-26(6,33)13-17/h12,14,16-17,33H,7-11,13H2,1-6H3,(H,27,29)/t16-,17?,26+/m0/s1. The predicted octanol–water partition coefficient (Wildman–Crippen LogP) is 5.08. The summed E-state index contributed by atoms with van der Waals surface area (Å²) in [7, 11) is 0. The van der Waals surface area contributed by atoms with Crippen LogP contribution in [0.2, 0.25) is 0 Å². The molecule has 4 rings (SSSR count). The van der Waals surface area contributed by atoms with Crippen molar-refractivity contribution in [3.05, 3.63) is 28.5 Å². The van der Waals surface area contributed by atoms with Gasteiger partial charge >= 0.3 is 0 Å². The van der Waals surface area contributed by atoms with Crippen LogP contribution in [0.1, 0.15) is 92.6 Å². The molecular weight excluding hydrogens is 448 g/mol. The molecule has 0 bridgehead atoms. The summed E-state index contributed by atoms with van der Waals surface area (Å²) in [6, 6.07) is 2.13. The zero-order chi connectivity index (χ0) is 24.8. The first-order chi connectivity index (χ1) is 15.8. The number of thiazole rings is 1. The number of nitrogens with one attached hydrogen (secondary N) is 1. The minimum absolute atomic E-state index is 0.0748. The average molecular weight is 485 g/mol. The fraction of sp³-hybridized carbons (Fsp3) is 0.615. The van der Waals surface area contributed by atoms with Gasteiger partial charge in [-0.15, -0.1) is 11.3 Å². The summed E-state index contributed by atoms with van der Waals surface area (Å²) in [5.74, 6) is 0.309. The molecule has 7 nitrogen and oxygen atoms in total. The van der Waals surface area contributed by atoms with Crippen LogP contribution in [0.5, 0.6) is 0 Å². The smallest absolute Gasteiger partial charge is 0.274 e. The van der Waals surface area contributed by atoms with E-state index in [4.69, 9.17) is 0 Å². The van der Waals surface area contributed by atoms with Crippen molar-refractivity contribution in [3.8, 4) is 10.4 Å². The fourth-order valence-electron chi connectivity index (χ4n) is 4.99. The zero-order valence-electron chi connectivity index (χ0n) is 21.1. The Morgan fingerprint density at radius 1 is 1.29 bits per heavy atom. The number of aromatic nitrogens is 2. The maximum Gasteiger partial charge on any atom is 0.274 e. The molecule has 3 heterocycles. The lowest BCUT2D eigenvalue weighted by Gasteiger charge is -2.22. The average Bonchev–Trinajstić information content (AvgIpc) is 3.44. The third kappa shape index (κ3) is 5.18. The Morgan fingerprint density at radius 2 is 2.03 bits per heavy atom. The molecule has 0 aromatic carbocycles. The quantitative estimate of drug-likeness (QED) is 0.575. The van der Waals surface area contributed by atoms with Crippen LogP contribution in [0.15, 0.2) is 12.3 Å². The van der Waals surface area contributed by atoms with Gasteiger partial charge < -0.3 is 15.3 Å². The number of amides is 1. The number of hydrogen-bond acceptors (Lipinski definition) is 7. The number of nitrogens with zero attached hydrogens (tertiary/aromatic N) is 3. The Balaban J connectivity index is 1.73. The van der Waals surface area contributed by atoms with E-state index in [2.05, 4.69) is 43.0 Å². The second-order valence-electron chi connectivity index (χ2n) is 11.2. The lowest BCUT2D eigenvalue weighted by Crippen LogP contribution is -2.34. The number of aryl methyl sites for hydroxylation is 1. The molecule has 2 fully saturated rings. The second-order valence-corrected chi connectivity index (χ2v) is 12.2. The van der Waals surface area contributed by atoms with E-state index < -0.39 is 5.60 Å². The molecule has 1 aliphatic heterocycles. The van der Waals surface area contributed by atoms with Gasteiger partial charge in [-0.25, -0.2) is 9.97 Å². The van der Waals surface area contributed by atoms with Gasteiger partial charge in [0, 0.05) is 35.8 Å². The van der Waals surface area contributed by atoms with E-state index in [1.165, 1.54) is 11.3 Å². The molecule has 1 saturated carbocycles. The zero-order valence-corrected chi connectivity index (χ0v) is 21.9. The van der Waals surface area contributed by atoms with Gasteiger partial charge in [0.05, 0.1) is 10.5 Å². The maximum absolute atomic E-state index is 13.6. The lowest BCUT2D eigenvalue weighted by molar-refractivity contribution is 0.0601. The second kappa shape index (κ2) is 9.04. The summed E-state index contributed by atoms with van der Waals surface area (Å²) in [5.41, 5.74) is 1.19. The van der Waals surface area contributed by atoms with Gasteiger partial charge in [-0.2, -0.15) is 0 Å². The first-order valence-electron chi connectivity index (χ1n) is 12.2. The van der Waals surface area contributed by atoms with Crippen LogP contribution in [0, 0.1) is 12.8 Å². The van der Waals surface area contributed by atoms with E-state index in [9.17, 15) is 14.7 Å². The molecule has 34 heavy (non-hydrogen) atoms. The van der Waals surface area contributed by atoms with Crippen LogP contribution in [-0.4, -0.2) is 55.4 Å². The van der Waals surface area contributed by atoms with Gasteiger partial charge in [0.1, 0.15) is 11.5 Å². The van der Waals surface area contributed by atoms with Crippen molar-refractivity contribution in [1.29, 1.82) is 0 Å². The normalized spacial score (nSPS) is 25.1. The van der Waals surface area contributed by atoms with Crippen molar-refractivity contribution in [2.45, 2.75) is 90.8 Å². The van der Waals surface area contributed by atoms with Crippen molar-refractivity contribution in [2.75, 3.05) is 11.9 Å². The van der Waals surface area contributed by atoms with Crippen LogP contribution in [0.25, 0.3) is 10.4 Å². The number of rotatable bonds is 5. The molecule has 2 aromatic rings. The SMILES string of the molecule is Cc1cc(NC(C)(C)C)ncc1-c1sc(C(=O)C2CC[C@@](C)(O)C2)nc1C(=O)N1CCC[C@@H]1C. The highest BCUT2D eigenvalue weighted by Gasteiger charge is 2.39. The first kappa shape index (κ1) is 24.8. The summed E-state index contributed by atoms with van der Waals surface area (Å²) in [6.07, 6.45) is 5.40. The molecule has 1 unspecified atom stereocenters. The van der Waals surface area contributed by atoms with Crippen molar-refractivity contribution in [1.82, 2.24) is 14.9 Å². The van der Waals surface area contributed by atoms with Gasteiger partial charge in [-0.05, 0) is 85.3 Å². The minimum Gasteiger partial charge on any atom is -0.390 e. The molecule has 2 aromatic heterocycles. The molecule has 1 saturated heterocycles. The van der Waals surface area contributed by atoms with Crippen LogP contribution in [0.3, 0.4) is 0 Å². The molecule has 2 N–H and O–H groups in total. The summed E-state index contributed by atoms with van der Waals surface area (Å²) in [5, 5.41) is 14.1. The number of carbonyl (C=O) groups is 2. The Kier molecular flexibility index (Phi) is 6.59. The van der Waals surface area contributed by atoms with E-state index in [-0.39, 0.29) is 29.2 Å². The van der Waals surface area contributed by atoms with Crippen molar-refractivity contribution >= 4 is 28.8 Å². The number of carbonyl (C=O) groups excluding carboxylic acids is 2. The van der Waals surface area contributed by atoms with Crippen LogP contribution >= 0.6 is 11.3 Å². The summed E-state index contributed by atoms with van der Waals surface area (Å²) in [6.45, 7) is 12.8. The van der Waals surface area contributed by atoms with Crippen LogP contribution in [-0.2, 0) is 0 Å². The van der Waals surface area contributed by atoms with E-state index in [1.807, 2.05) is 17.9 Å². The van der Waals surface area contributed by atoms with E-state index in [0.29, 0.717) is 41.4 Å². The summed E-state index contributed by atoms with van der Waals surface area (Å²) in [4.78, 5) is 38.7. The Hall–Kier alpha value is -2.32. The molecule has 0 radical (unpaired) electrons. The highest BCUT2D eigenvalue weighted by molar-refractivity contribution is 7.17. The lowest BCUT2D eigenvalue weighted by atomic mass is 9.99. The number of ketones is 1. The molecular formula is C26H36N4O3S. The molecule has 8 heteroatoms. The van der Waals surface area contributed by atoms with Crippen LogP contribution in [0.4, 0.5) is 5.82 Å². The number of likely N-dealkylation sites (tertiary alicyclic amines) is 1. The third-order valence-electron chi connectivity index (χ3n) is 6.80. The van der Waals surface area contributed by atoms with Crippen LogP contribution < -0.4 is 5.32 Å². The Bertz CT molecular complexity index is 1100. The molecule has 184 valence electrons. The largest absolute Gasteiger partial charge is 0.390 e. The topological polar surface area (TPSA) is 95.4 Å². The molecule has 0 spiro atoms. The monoisotopic (exact) mass is 484 g/mol. The van der Waals surface area contributed by atoms with Gasteiger partial charge in [-0.3, -0.25) is 9.59 Å². The first-order valence-corrected chi connectivity index (χ1v) is 13.0. The molecule has 3 atom stereocenters. The molecule has 1 amide bonds. The fourth-order valence-corrected chi connectivity index (χ4v) is 6.14. The van der Waals surface area contributed by atoms with Crippen molar-refractivity contribution in [2.24, 2.45) is 5.92 Å². The highest BCUT2D eigenvalue weighted by Crippen LogP contribution is 2.40. The van der Waals surface area contributed by atoms with Crippen molar-refractivity contribution < 1.29 is 14.7 Å². The summed E-state index contributed by atoms with van der Waals surface area (Å²) >= 11 is 1.28. The maximum atomic E-state index is 13.6. The highest BCUT2D eigenvalue weighted by atomic mass is 32.1. The van der Waals surface area contributed by atoms with E-state index >= 15 is 0 Å². The summed E-state index contributed by atoms with van der Waals surface area (Å²) < 4.78 is 0. The third-order valence-corrected chi connectivity index (χ3v) is 7.90. The molecule has 1 aliphatic carbocycles. The Labute approximate surface area is 206 Å². The number of aliphatic hydroxyl groups is 1.